The number of amides is 2. The molecule has 0 saturated carbocycles. The standard InChI is InChI=1S/C21H35N3O4/c1-20(2,3)27-18(25)22-12-14-24(16-17-10-8-7-9-11-17)15-13-23-19(26)28-21(4,5)6/h7-11H,12-16H2,1-6H3,(H,22,25)(H,23,26). The first-order chi connectivity index (χ1) is 12.9. The molecule has 28 heavy (non-hydrogen) atoms. The Balaban J connectivity index is 2.50. The highest BCUT2D eigenvalue weighted by Gasteiger charge is 2.17. The van der Waals surface area contributed by atoms with Gasteiger partial charge in [-0.3, -0.25) is 4.90 Å². The van der Waals surface area contributed by atoms with Crippen molar-refractivity contribution in [3.05, 3.63) is 35.9 Å². The molecule has 0 atom stereocenters. The zero-order valence-electron chi connectivity index (χ0n) is 18.0. The van der Waals surface area contributed by atoms with Gasteiger partial charge in [-0.05, 0) is 47.1 Å². The smallest absolute Gasteiger partial charge is 0.407 e. The van der Waals surface area contributed by atoms with Crippen molar-refractivity contribution >= 4 is 12.2 Å². The molecule has 2 amide bonds. The molecule has 0 spiro atoms. The molecule has 0 saturated heterocycles. The molecule has 0 bridgehead atoms. The Morgan fingerprint density at radius 2 is 1.25 bits per heavy atom. The first kappa shape index (κ1) is 23.8. The number of nitrogens with one attached hydrogen (secondary N) is 2. The summed E-state index contributed by atoms with van der Waals surface area (Å²) in [5, 5.41) is 5.54. The van der Waals surface area contributed by atoms with E-state index in [1.54, 1.807) is 0 Å². The molecule has 0 aliphatic rings. The van der Waals surface area contributed by atoms with Gasteiger partial charge in [0.15, 0.2) is 0 Å². The van der Waals surface area contributed by atoms with Crippen molar-refractivity contribution < 1.29 is 19.1 Å². The second-order valence-electron chi connectivity index (χ2n) is 8.62. The van der Waals surface area contributed by atoms with Gasteiger partial charge in [-0.1, -0.05) is 30.3 Å². The van der Waals surface area contributed by atoms with Crippen LogP contribution in [-0.2, 0) is 16.0 Å². The van der Waals surface area contributed by atoms with E-state index >= 15 is 0 Å². The second-order valence-corrected chi connectivity index (χ2v) is 8.62. The lowest BCUT2D eigenvalue weighted by Crippen LogP contribution is -2.41. The number of benzene rings is 1. The van der Waals surface area contributed by atoms with Crippen LogP contribution in [-0.4, -0.2) is 54.5 Å². The van der Waals surface area contributed by atoms with E-state index in [-0.39, 0.29) is 0 Å². The maximum Gasteiger partial charge on any atom is 0.407 e. The van der Waals surface area contributed by atoms with Crippen molar-refractivity contribution in [3.8, 4) is 0 Å². The van der Waals surface area contributed by atoms with Gasteiger partial charge in [-0.15, -0.1) is 0 Å². The molecule has 1 aromatic rings. The summed E-state index contributed by atoms with van der Waals surface area (Å²) >= 11 is 0. The van der Waals surface area contributed by atoms with Crippen molar-refractivity contribution in [2.24, 2.45) is 0 Å². The monoisotopic (exact) mass is 393 g/mol. The van der Waals surface area contributed by atoms with Gasteiger partial charge < -0.3 is 20.1 Å². The van der Waals surface area contributed by atoms with E-state index in [0.717, 1.165) is 5.56 Å². The van der Waals surface area contributed by atoms with Crippen LogP contribution in [0.3, 0.4) is 0 Å². The molecule has 7 nitrogen and oxygen atoms in total. The third-order valence-electron chi connectivity index (χ3n) is 3.44. The Hall–Kier alpha value is -2.28. The van der Waals surface area contributed by atoms with Crippen molar-refractivity contribution in [2.75, 3.05) is 26.2 Å². The highest BCUT2D eigenvalue weighted by Crippen LogP contribution is 2.08. The molecule has 7 heteroatoms. The Kier molecular flexibility index (Phi) is 9.25. The van der Waals surface area contributed by atoms with E-state index in [2.05, 4.69) is 27.7 Å². The highest BCUT2D eigenvalue weighted by atomic mass is 16.6. The third-order valence-corrected chi connectivity index (χ3v) is 3.44. The molecule has 0 aromatic heterocycles. The van der Waals surface area contributed by atoms with Gasteiger partial charge in [-0.2, -0.15) is 0 Å². The van der Waals surface area contributed by atoms with Gasteiger partial charge in [0, 0.05) is 32.7 Å². The van der Waals surface area contributed by atoms with Crippen LogP contribution in [0.5, 0.6) is 0 Å². The average molecular weight is 394 g/mol. The van der Waals surface area contributed by atoms with Crippen LogP contribution >= 0.6 is 0 Å². The van der Waals surface area contributed by atoms with Gasteiger partial charge in [0.2, 0.25) is 0 Å². The van der Waals surface area contributed by atoms with Crippen LogP contribution in [0.2, 0.25) is 0 Å². The summed E-state index contributed by atoms with van der Waals surface area (Å²) in [4.78, 5) is 25.8. The number of rotatable bonds is 8. The zero-order chi connectivity index (χ0) is 21.2. The summed E-state index contributed by atoms with van der Waals surface area (Å²) < 4.78 is 10.5. The molecule has 1 rings (SSSR count). The maximum absolute atomic E-state index is 11.8. The van der Waals surface area contributed by atoms with Crippen molar-refractivity contribution in [1.82, 2.24) is 15.5 Å². The van der Waals surface area contributed by atoms with E-state index in [0.29, 0.717) is 32.7 Å². The highest BCUT2D eigenvalue weighted by molar-refractivity contribution is 5.68. The maximum atomic E-state index is 11.8. The first-order valence-corrected chi connectivity index (χ1v) is 9.64. The molecule has 0 fully saturated rings. The molecule has 158 valence electrons. The Morgan fingerprint density at radius 1 is 0.821 bits per heavy atom. The molecule has 0 aliphatic heterocycles. The van der Waals surface area contributed by atoms with E-state index in [9.17, 15) is 9.59 Å². The van der Waals surface area contributed by atoms with Crippen molar-refractivity contribution in [1.29, 1.82) is 0 Å². The van der Waals surface area contributed by atoms with E-state index in [4.69, 9.17) is 9.47 Å². The average Bonchev–Trinajstić information content (AvgIpc) is 2.52. The van der Waals surface area contributed by atoms with Crippen LogP contribution in [0.15, 0.2) is 30.3 Å². The summed E-state index contributed by atoms with van der Waals surface area (Å²) in [6.07, 6.45) is -0.863. The predicted octanol–water partition coefficient (Wildman–Crippen LogP) is 3.54. The Labute approximate surface area is 168 Å². The molecule has 0 heterocycles. The minimum Gasteiger partial charge on any atom is -0.444 e. The lowest BCUT2D eigenvalue weighted by molar-refractivity contribution is 0.0520. The normalized spacial score (nSPS) is 11.8. The number of carbonyl (C=O) groups is 2. The summed E-state index contributed by atoms with van der Waals surface area (Å²) in [7, 11) is 0. The summed E-state index contributed by atoms with van der Waals surface area (Å²) in [6, 6.07) is 10.1. The SMILES string of the molecule is CC(C)(C)OC(=O)NCCN(CCNC(=O)OC(C)(C)C)Cc1ccccc1. The molecule has 0 radical (unpaired) electrons. The van der Waals surface area contributed by atoms with Crippen LogP contribution in [0, 0.1) is 0 Å². The van der Waals surface area contributed by atoms with E-state index in [1.165, 1.54) is 0 Å². The largest absolute Gasteiger partial charge is 0.444 e. The number of alkyl carbamates (subject to hydrolysis) is 2. The number of hydrogen-bond donors (Lipinski definition) is 2. The van der Waals surface area contributed by atoms with E-state index < -0.39 is 23.4 Å². The number of carbonyl (C=O) groups excluding carboxylic acids is 2. The fraction of sp³-hybridized carbons (Fsp3) is 0.619. The molecular weight excluding hydrogens is 358 g/mol. The Morgan fingerprint density at radius 3 is 1.64 bits per heavy atom. The second kappa shape index (κ2) is 10.9. The molecule has 0 unspecified atom stereocenters. The van der Waals surface area contributed by atoms with E-state index in [1.807, 2.05) is 59.7 Å². The molecule has 1 aromatic carbocycles. The van der Waals surface area contributed by atoms with Gasteiger partial charge in [0.1, 0.15) is 11.2 Å². The van der Waals surface area contributed by atoms with Crippen LogP contribution in [0.1, 0.15) is 47.1 Å². The minimum absolute atomic E-state index is 0.431. The van der Waals surface area contributed by atoms with Crippen LogP contribution in [0.25, 0.3) is 0 Å². The fourth-order valence-electron chi connectivity index (χ4n) is 2.37. The number of ether oxygens (including phenoxy) is 2. The lowest BCUT2D eigenvalue weighted by atomic mass is 10.2. The van der Waals surface area contributed by atoms with Gasteiger partial charge >= 0.3 is 12.2 Å². The summed E-state index contributed by atoms with van der Waals surface area (Å²) in [5.74, 6) is 0. The predicted molar refractivity (Wildman–Crippen MR) is 110 cm³/mol. The summed E-state index contributed by atoms with van der Waals surface area (Å²) in [5.41, 5.74) is 0.119. The lowest BCUT2D eigenvalue weighted by Gasteiger charge is -2.24. The summed E-state index contributed by atoms with van der Waals surface area (Å²) in [6.45, 7) is 13.9. The van der Waals surface area contributed by atoms with Gasteiger partial charge in [0.05, 0.1) is 0 Å². The van der Waals surface area contributed by atoms with Gasteiger partial charge in [0.25, 0.3) is 0 Å². The first-order valence-electron chi connectivity index (χ1n) is 9.64. The van der Waals surface area contributed by atoms with Crippen molar-refractivity contribution in [2.45, 2.75) is 59.3 Å². The molecular formula is C21H35N3O4. The molecule has 2 N–H and O–H groups in total. The van der Waals surface area contributed by atoms with Crippen molar-refractivity contribution in [3.63, 3.8) is 0 Å². The minimum atomic E-state index is -0.523. The third kappa shape index (κ3) is 12.2. The van der Waals surface area contributed by atoms with Gasteiger partial charge in [-0.25, -0.2) is 9.59 Å². The van der Waals surface area contributed by atoms with Crippen LogP contribution < -0.4 is 10.6 Å². The molecule has 0 aliphatic carbocycles. The van der Waals surface area contributed by atoms with Crippen LogP contribution in [0.4, 0.5) is 9.59 Å². The number of nitrogens with zero attached hydrogens (tertiary/aromatic N) is 1. The quantitative estimate of drug-likeness (QED) is 0.706. The fourth-order valence-corrected chi connectivity index (χ4v) is 2.37. The Bertz CT molecular complexity index is 572. The number of hydrogen-bond acceptors (Lipinski definition) is 5. The topological polar surface area (TPSA) is 79.9 Å². The zero-order valence-corrected chi connectivity index (χ0v) is 18.0.